The predicted molar refractivity (Wildman–Crippen MR) is 58.3 cm³/mol. The third kappa shape index (κ3) is 3.10. The average molecular weight is 252 g/mol. The Balaban J connectivity index is 2.98. The molecule has 1 aliphatic rings. The molecule has 0 spiro atoms. The van der Waals surface area contributed by atoms with Crippen LogP contribution in [-0.4, -0.2) is 35.7 Å². The van der Waals surface area contributed by atoms with E-state index in [0.29, 0.717) is 6.54 Å². The van der Waals surface area contributed by atoms with Gasteiger partial charge in [0.25, 0.3) is 6.20 Å². The van der Waals surface area contributed by atoms with Gasteiger partial charge in [-0.15, -0.1) is 11.8 Å². The minimum Gasteiger partial charge on any atom is -0.259 e. The molecule has 0 aromatic carbocycles. The SMILES string of the molecule is CCS(=O)(=O)N1CCCSC1=C[N+](=O)[O-]. The van der Waals surface area contributed by atoms with Crippen LogP contribution in [0, 0.1) is 10.1 Å². The van der Waals surface area contributed by atoms with E-state index in [1.807, 2.05) is 0 Å². The van der Waals surface area contributed by atoms with Crippen LogP contribution in [-0.2, 0) is 10.0 Å². The largest absolute Gasteiger partial charge is 0.265 e. The number of nitrogens with zero attached hydrogens (tertiary/aromatic N) is 2. The van der Waals surface area contributed by atoms with Gasteiger partial charge in [-0.05, 0) is 13.3 Å². The molecule has 1 rings (SSSR count). The van der Waals surface area contributed by atoms with Crippen molar-refractivity contribution in [2.45, 2.75) is 13.3 Å². The van der Waals surface area contributed by atoms with Gasteiger partial charge in [0, 0.05) is 12.3 Å². The number of sulfonamides is 1. The van der Waals surface area contributed by atoms with Crippen LogP contribution in [0.3, 0.4) is 0 Å². The zero-order valence-electron chi connectivity index (χ0n) is 8.25. The first-order valence-electron chi connectivity index (χ1n) is 4.46. The Morgan fingerprint density at radius 1 is 1.67 bits per heavy atom. The molecule has 0 bridgehead atoms. The molecule has 1 saturated heterocycles. The Morgan fingerprint density at radius 2 is 2.33 bits per heavy atom. The van der Waals surface area contributed by atoms with Crippen LogP contribution >= 0.6 is 11.8 Å². The van der Waals surface area contributed by atoms with Crippen molar-refractivity contribution in [3.63, 3.8) is 0 Å². The highest BCUT2D eigenvalue weighted by Gasteiger charge is 2.27. The molecule has 6 nitrogen and oxygen atoms in total. The second-order valence-corrected chi connectivity index (χ2v) is 6.22. The van der Waals surface area contributed by atoms with Gasteiger partial charge in [0.15, 0.2) is 5.03 Å². The smallest absolute Gasteiger partial charge is 0.259 e. The summed E-state index contributed by atoms with van der Waals surface area (Å²) >= 11 is 1.21. The highest BCUT2D eigenvalue weighted by atomic mass is 32.2. The lowest BCUT2D eigenvalue weighted by Crippen LogP contribution is -2.34. The first-order valence-corrected chi connectivity index (χ1v) is 7.05. The van der Waals surface area contributed by atoms with Crippen molar-refractivity contribution in [2.24, 2.45) is 0 Å². The Kier molecular flexibility index (Phi) is 3.97. The van der Waals surface area contributed by atoms with Crippen LogP contribution in [0.15, 0.2) is 11.2 Å². The van der Waals surface area contributed by atoms with E-state index in [2.05, 4.69) is 0 Å². The van der Waals surface area contributed by atoms with Crippen molar-refractivity contribution in [3.8, 4) is 0 Å². The number of nitro groups is 1. The quantitative estimate of drug-likeness (QED) is 0.549. The summed E-state index contributed by atoms with van der Waals surface area (Å²) in [7, 11) is -3.38. The van der Waals surface area contributed by atoms with Gasteiger partial charge in [-0.25, -0.2) is 8.42 Å². The molecule has 0 aromatic heterocycles. The van der Waals surface area contributed by atoms with E-state index in [-0.39, 0.29) is 10.8 Å². The minimum absolute atomic E-state index is 0.0391. The van der Waals surface area contributed by atoms with Gasteiger partial charge in [0.05, 0.1) is 10.7 Å². The van der Waals surface area contributed by atoms with E-state index < -0.39 is 14.9 Å². The standard InChI is InChI=1S/C7H12N2O4S2/c1-2-15(12,13)8-4-3-5-14-7(8)6-9(10)11/h6H,2-5H2,1H3. The van der Waals surface area contributed by atoms with E-state index in [4.69, 9.17) is 0 Å². The van der Waals surface area contributed by atoms with Crippen molar-refractivity contribution < 1.29 is 13.3 Å². The third-order valence-electron chi connectivity index (χ3n) is 1.92. The van der Waals surface area contributed by atoms with Gasteiger partial charge in [-0.3, -0.25) is 14.4 Å². The summed E-state index contributed by atoms with van der Waals surface area (Å²) in [4.78, 5) is 9.70. The van der Waals surface area contributed by atoms with Gasteiger partial charge in [0.1, 0.15) is 0 Å². The fraction of sp³-hybridized carbons (Fsp3) is 0.714. The summed E-state index contributed by atoms with van der Waals surface area (Å²) < 4.78 is 24.3. The molecule has 1 fully saturated rings. The maximum Gasteiger partial charge on any atom is 0.265 e. The van der Waals surface area contributed by atoms with Gasteiger partial charge >= 0.3 is 0 Å². The summed E-state index contributed by atoms with van der Waals surface area (Å²) in [5, 5.41) is 10.5. The predicted octanol–water partition coefficient (Wildman–Crippen LogP) is 0.851. The average Bonchev–Trinajstić information content (AvgIpc) is 2.17. The summed E-state index contributed by atoms with van der Waals surface area (Å²) in [6.45, 7) is 1.86. The van der Waals surface area contributed by atoms with Crippen molar-refractivity contribution >= 4 is 21.8 Å². The van der Waals surface area contributed by atoms with Gasteiger partial charge in [-0.2, -0.15) is 0 Å². The van der Waals surface area contributed by atoms with Crippen molar-refractivity contribution in [3.05, 3.63) is 21.3 Å². The van der Waals surface area contributed by atoms with Gasteiger partial charge < -0.3 is 0 Å². The van der Waals surface area contributed by atoms with Crippen LogP contribution in [0.25, 0.3) is 0 Å². The molecule has 15 heavy (non-hydrogen) atoms. The lowest BCUT2D eigenvalue weighted by molar-refractivity contribution is -0.403. The lowest BCUT2D eigenvalue weighted by atomic mass is 10.5. The highest BCUT2D eigenvalue weighted by Crippen LogP contribution is 2.29. The van der Waals surface area contributed by atoms with Crippen molar-refractivity contribution in [2.75, 3.05) is 18.1 Å². The Bertz CT molecular complexity index is 376. The minimum atomic E-state index is -3.38. The molecule has 86 valence electrons. The number of rotatable bonds is 3. The molecule has 0 N–H and O–H groups in total. The number of hydrogen-bond acceptors (Lipinski definition) is 5. The lowest BCUT2D eigenvalue weighted by Gasteiger charge is -2.27. The van der Waals surface area contributed by atoms with Crippen LogP contribution in [0.2, 0.25) is 0 Å². The van der Waals surface area contributed by atoms with Crippen molar-refractivity contribution in [1.29, 1.82) is 0 Å². The van der Waals surface area contributed by atoms with Gasteiger partial charge in [-0.1, -0.05) is 0 Å². The molecule has 0 aliphatic carbocycles. The molecule has 0 amide bonds. The maximum absolute atomic E-state index is 11.6. The highest BCUT2D eigenvalue weighted by molar-refractivity contribution is 8.04. The maximum atomic E-state index is 11.6. The monoisotopic (exact) mass is 252 g/mol. The molecular formula is C7H12N2O4S2. The number of thioether (sulfide) groups is 1. The van der Waals surface area contributed by atoms with Gasteiger partial charge in [0.2, 0.25) is 10.0 Å². The van der Waals surface area contributed by atoms with Crippen LogP contribution in [0.5, 0.6) is 0 Å². The van der Waals surface area contributed by atoms with E-state index in [1.165, 1.54) is 18.7 Å². The molecular weight excluding hydrogens is 240 g/mol. The third-order valence-corrected chi connectivity index (χ3v) is 4.93. The molecule has 0 atom stereocenters. The van der Waals surface area contributed by atoms with Crippen LogP contribution in [0.1, 0.15) is 13.3 Å². The van der Waals surface area contributed by atoms with Crippen LogP contribution in [0.4, 0.5) is 0 Å². The zero-order chi connectivity index (χ0) is 11.5. The molecule has 0 saturated carbocycles. The molecule has 0 aromatic rings. The summed E-state index contributed by atoms with van der Waals surface area (Å²) in [6.07, 6.45) is 1.48. The first kappa shape index (κ1) is 12.3. The Morgan fingerprint density at radius 3 is 2.87 bits per heavy atom. The zero-order valence-corrected chi connectivity index (χ0v) is 9.88. The van der Waals surface area contributed by atoms with E-state index in [0.717, 1.165) is 22.7 Å². The molecule has 8 heteroatoms. The van der Waals surface area contributed by atoms with Crippen molar-refractivity contribution in [1.82, 2.24) is 4.31 Å². The summed E-state index contributed by atoms with van der Waals surface area (Å²) in [6, 6.07) is 0. The molecule has 0 unspecified atom stereocenters. The summed E-state index contributed by atoms with van der Waals surface area (Å²) in [5.74, 6) is 0.679. The fourth-order valence-electron chi connectivity index (χ4n) is 1.19. The topological polar surface area (TPSA) is 80.5 Å². The Labute approximate surface area is 92.5 Å². The van der Waals surface area contributed by atoms with E-state index in [1.54, 1.807) is 0 Å². The van der Waals surface area contributed by atoms with E-state index >= 15 is 0 Å². The number of hydrogen-bond donors (Lipinski definition) is 0. The Hall–Kier alpha value is -0.760. The second-order valence-electron chi connectivity index (χ2n) is 2.93. The molecule has 1 aliphatic heterocycles. The molecule has 1 heterocycles. The summed E-state index contributed by atoms with van der Waals surface area (Å²) in [5.41, 5.74) is 0. The van der Waals surface area contributed by atoms with E-state index in [9.17, 15) is 18.5 Å². The normalized spacial score (nSPS) is 20.6. The molecule has 0 radical (unpaired) electrons. The first-order chi connectivity index (χ1) is 6.97. The fourth-order valence-corrected chi connectivity index (χ4v) is 3.61. The second kappa shape index (κ2) is 4.84. The van der Waals surface area contributed by atoms with Crippen LogP contribution < -0.4 is 0 Å².